The summed E-state index contributed by atoms with van der Waals surface area (Å²) in [6.45, 7) is 5.11. The van der Waals surface area contributed by atoms with Gasteiger partial charge in [-0.15, -0.1) is 0 Å². The van der Waals surface area contributed by atoms with Gasteiger partial charge in [0.05, 0.1) is 29.8 Å². The quantitative estimate of drug-likeness (QED) is 0.742. The fraction of sp³-hybridized carbons (Fsp3) is 0.400. The Morgan fingerprint density at radius 2 is 1.91 bits per heavy atom. The van der Waals surface area contributed by atoms with Crippen molar-refractivity contribution >= 4 is 35.3 Å². The third-order valence-corrected chi connectivity index (χ3v) is 3.29. The summed E-state index contributed by atoms with van der Waals surface area (Å²) in [5.74, 6) is -1.07. The summed E-state index contributed by atoms with van der Waals surface area (Å²) in [7, 11) is 1.22. The number of hydrogen-bond acceptors (Lipinski definition) is 5. The molecule has 0 saturated carbocycles. The Hall–Kier alpha value is -2.08. The number of rotatable bonds is 1. The van der Waals surface area contributed by atoms with Gasteiger partial charge < -0.3 is 9.47 Å². The zero-order chi connectivity index (χ0) is 16.7. The molecule has 0 aliphatic carbocycles. The minimum Gasteiger partial charge on any atom is -0.465 e. The van der Waals surface area contributed by atoms with Crippen LogP contribution in [0.3, 0.4) is 0 Å². The molecule has 1 heterocycles. The number of esters is 1. The average Bonchev–Trinajstić information content (AvgIpc) is 2.69. The van der Waals surface area contributed by atoms with Crippen LogP contribution in [0.5, 0.6) is 0 Å². The minimum atomic E-state index is -0.783. The number of amides is 2. The number of methoxy groups -OCH3 is 1. The van der Waals surface area contributed by atoms with Crippen molar-refractivity contribution in [2.24, 2.45) is 0 Å². The second-order valence-electron chi connectivity index (χ2n) is 5.84. The molecule has 0 N–H and O–H groups in total. The van der Waals surface area contributed by atoms with Crippen LogP contribution >= 0.6 is 11.6 Å². The molecule has 1 aliphatic rings. The maximum absolute atomic E-state index is 12.2. The second kappa shape index (κ2) is 5.61. The van der Waals surface area contributed by atoms with E-state index in [0.717, 1.165) is 4.90 Å². The second-order valence-corrected chi connectivity index (χ2v) is 6.25. The number of anilines is 1. The van der Waals surface area contributed by atoms with Gasteiger partial charge in [0.2, 0.25) is 5.91 Å². The standard InChI is InChI=1S/C15H16ClNO5/c1-15(2,3)22-14(20)17-11-7-9(13(19)21-4)10(16)5-8(11)6-12(17)18/h5,7H,6H2,1-4H3. The molecule has 0 radical (unpaired) electrons. The SMILES string of the molecule is COC(=O)c1cc2c(cc1Cl)CC(=O)N2C(=O)OC(C)(C)C. The first-order chi connectivity index (χ1) is 10.1. The molecule has 2 amide bonds. The molecule has 0 aromatic heterocycles. The summed E-state index contributed by atoms with van der Waals surface area (Å²) in [5.41, 5.74) is 0.210. The van der Waals surface area contributed by atoms with Gasteiger partial charge in [-0.05, 0) is 38.5 Å². The summed E-state index contributed by atoms with van der Waals surface area (Å²) in [6.07, 6.45) is -0.759. The van der Waals surface area contributed by atoms with Crippen LogP contribution in [0.15, 0.2) is 12.1 Å². The van der Waals surface area contributed by atoms with Crippen LogP contribution in [0.4, 0.5) is 10.5 Å². The number of ether oxygens (including phenoxy) is 2. The highest BCUT2D eigenvalue weighted by atomic mass is 35.5. The Kier molecular flexibility index (Phi) is 4.15. The van der Waals surface area contributed by atoms with E-state index in [-0.39, 0.29) is 17.0 Å². The van der Waals surface area contributed by atoms with Crippen molar-refractivity contribution in [2.75, 3.05) is 12.0 Å². The van der Waals surface area contributed by atoms with Crippen molar-refractivity contribution in [3.63, 3.8) is 0 Å². The van der Waals surface area contributed by atoms with Gasteiger partial charge in [-0.2, -0.15) is 0 Å². The molecular formula is C15H16ClNO5. The van der Waals surface area contributed by atoms with E-state index in [1.165, 1.54) is 19.2 Å². The first-order valence-corrected chi connectivity index (χ1v) is 6.98. The summed E-state index contributed by atoms with van der Waals surface area (Å²) < 4.78 is 9.86. The molecule has 0 fully saturated rings. The lowest BCUT2D eigenvalue weighted by Gasteiger charge is -2.24. The molecule has 2 rings (SSSR count). The zero-order valence-electron chi connectivity index (χ0n) is 12.7. The Bertz CT molecular complexity index is 663. The zero-order valence-corrected chi connectivity index (χ0v) is 13.5. The number of carbonyl (C=O) groups excluding carboxylic acids is 3. The number of benzene rings is 1. The smallest absolute Gasteiger partial charge is 0.421 e. The number of nitrogens with zero attached hydrogens (tertiary/aromatic N) is 1. The molecule has 0 bridgehead atoms. The molecule has 118 valence electrons. The van der Waals surface area contributed by atoms with Gasteiger partial charge in [0, 0.05) is 0 Å². The normalized spacial score (nSPS) is 13.9. The van der Waals surface area contributed by atoms with Crippen LogP contribution in [0.2, 0.25) is 5.02 Å². The van der Waals surface area contributed by atoms with Crippen molar-refractivity contribution < 1.29 is 23.9 Å². The summed E-state index contributed by atoms with van der Waals surface area (Å²) in [6, 6.07) is 2.86. The highest BCUT2D eigenvalue weighted by molar-refractivity contribution is 6.34. The van der Waals surface area contributed by atoms with E-state index in [1.807, 2.05) is 0 Å². The maximum atomic E-state index is 12.2. The fourth-order valence-corrected chi connectivity index (χ4v) is 2.37. The molecule has 7 heteroatoms. The van der Waals surface area contributed by atoms with E-state index in [9.17, 15) is 14.4 Å². The first-order valence-electron chi connectivity index (χ1n) is 6.60. The van der Waals surface area contributed by atoms with Gasteiger partial charge in [-0.3, -0.25) is 4.79 Å². The molecule has 1 aromatic rings. The Balaban J connectivity index is 2.44. The van der Waals surface area contributed by atoms with Crippen LogP contribution in [-0.4, -0.2) is 30.7 Å². The minimum absolute atomic E-state index is 0.0236. The fourth-order valence-electron chi connectivity index (χ4n) is 2.10. The van der Waals surface area contributed by atoms with E-state index in [1.54, 1.807) is 20.8 Å². The van der Waals surface area contributed by atoms with E-state index in [2.05, 4.69) is 4.74 Å². The third-order valence-electron chi connectivity index (χ3n) is 2.98. The topological polar surface area (TPSA) is 72.9 Å². The lowest BCUT2D eigenvalue weighted by Crippen LogP contribution is -2.38. The molecule has 6 nitrogen and oxygen atoms in total. The summed E-state index contributed by atoms with van der Waals surface area (Å²) in [4.78, 5) is 36.9. The lowest BCUT2D eigenvalue weighted by atomic mass is 10.1. The van der Waals surface area contributed by atoms with Gasteiger partial charge in [0.1, 0.15) is 5.60 Å². The van der Waals surface area contributed by atoms with Crippen molar-refractivity contribution in [3.8, 4) is 0 Å². The molecule has 1 aromatic carbocycles. The van der Waals surface area contributed by atoms with Gasteiger partial charge in [0.25, 0.3) is 0 Å². The van der Waals surface area contributed by atoms with Crippen molar-refractivity contribution in [3.05, 3.63) is 28.3 Å². The molecule has 22 heavy (non-hydrogen) atoms. The number of carbonyl (C=O) groups is 3. The third kappa shape index (κ3) is 3.06. The average molecular weight is 326 g/mol. The summed E-state index contributed by atoms with van der Waals surface area (Å²) >= 11 is 6.02. The van der Waals surface area contributed by atoms with E-state index >= 15 is 0 Å². The van der Waals surface area contributed by atoms with Crippen LogP contribution in [0.25, 0.3) is 0 Å². The summed E-state index contributed by atoms with van der Waals surface area (Å²) in [5, 5.41) is 0.171. The van der Waals surface area contributed by atoms with Crippen LogP contribution in [0.1, 0.15) is 36.7 Å². The lowest BCUT2D eigenvalue weighted by molar-refractivity contribution is -0.117. The van der Waals surface area contributed by atoms with Crippen molar-refractivity contribution in [1.29, 1.82) is 0 Å². The Morgan fingerprint density at radius 3 is 2.45 bits per heavy atom. The van der Waals surface area contributed by atoms with Gasteiger partial charge in [-0.25, -0.2) is 14.5 Å². The van der Waals surface area contributed by atoms with Crippen LogP contribution in [0, 0.1) is 0 Å². The molecule has 0 saturated heterocycles. The highest BCUT2D eigenvalue weighted by Crippen LogP contribution is 2.35. The van der Waals surface area contributed by atoms with Crippen molar-refractivity contribution in [1.82, 2.24) is 0 Å². The van der Waals surface area contributed by atoms with Gasteiger partial charge >= 0.3 is 12.1 Å². The predicted octanol–water partition coefficient (Wildman–Crippen LogP) is 2.95. The van der Waals surface area contributed by atoms with Gasteiger partial charge in [0.15, 0.2) is 0 Å². The molecule has 0 atom stereocenters. The Labute approximate surface area is 132 Å². The Morgan fingerprint density at radius 1 is 1.27 bits per heavy atom. The molecule has 0 spiro atoms. The van der Waals surface area contributed by atoms with E-state index in [4.69, 9.17) is 16.3 Å². The predicted molar refractivity (Wildman–Crippen MR) is 80.2 cm³/mol. The van der Waals surface area contributed by atoms with Crippen LogP contribution in [-0.2, 0) is 20.7 Å². The molecule has 1 aliphatic heterocycles. The van der Waals surface area contributed by atoms with E-state index in [0.29, 0.717) is 11.3 Å². The first kappa shape index (κ1) is 16.3. The van der Waals surface area contributed by atoms with Crippen LogP contribution < -0.4 is 4.90 Å². The largest absolute Gasteiger partial charge is 0.465 e. The monoisotopic (exact) mass is 325 g/mol. The van der Waals surface area contributed by atoms with E-state index < -0.39 is 23.6 Å². The number of halogens is 1. The van der Waals surface area contributed by atoms with Gasteiger partial charge in [-0.1, -0.05) is 11.6 Å². The molecule has 0 unspecified atom stereocenters. The number of imide groups is 1. The maximum Gasteiger partial charge on any atom is 0.421 e. The van der Waals surface area contributed by atoms with Crippen molar-refractivity contribution in [2.45, 2.75) is 32.8 Å². The molecular weight excluding hydrogens is 310 g/mol. The highest BCUT2D eigenvalue weighted by Gasteiger charge is 2.36. The number of fused-ring (bicyclic) bond motifs is 1. The number of hydrogen-bond donors (Lipinski definition) is 0.